The number of hydrogen-bond acceptors (Lipinski definition) is 3. The van der Waals surface area contributed by atoms with Gasteiger partial charge in [0.1, 0.15) is 0 Å². The van der Waals surface area contributed by atoms with Gasteiger partial charge in [-0.15, -0.1) is 0 Å². The number of aliphatic hydroxyl groups is 1. The van der Waals surface area contributed by atoms with Crippen LogP contribution in [-0.2, 0) is 0 Å². The molecule has 14 heavy (non-hydrogen) atoms. The molecule has 2 saturated heterocycles. The topological polar surface area (TPSA) is 35.5 Å². The first-order valence-corrected chi connectivity index (χ1v) is 5.93. The van der Waals surface area contributed by atoms with Gasteiger partial charge in [0.15, 0.2) is 0 Å². The molecular weight excluding hydrogens is 176 g/mol. The van der Waals surface area contributed by atoms with Gasteiger partial charge in [-0.3, -0.25) is 0 Å². The SMILES string of the molecule is CCC(O)CNC1CCN2CCC1C2. The van der Waals surface area contributed by atoms with Crippen molar-refractivity contribution in [3.8, 4) is 0 Å². The van der Waals surface area contributed by atoms with Gasteiger partial charge < -0.3 is 15.3 Å². The second-order valence-corrected chi connectivity index (χ2v) is 4.71. The van der Waals surface area contributed by atoms with Gasteiger partial charge in [0.2, 0.25) is 0 Å². The molecule has 2 heterocycles. The second-order valence-electron chi connectivity index (χ2n) is 4.71. The van der Waals surface area contributed by atoms with E-state index in [2.05, 4.69) is 10.2 Å². The second kappa shape index (κ2) is 4.60. The van der Waals surface area contributed by atoms with E-state index in [0.717, 1.165) is 18.9 Å². The van der Waals surface area contributed by atoms with E-state index in [9.17, 15) is 5.11 Å². The van der Waals surface area contributed by atoms with Gasteiger partial charge in [-0.2, -0.15) is 0 Å². The Labute approximate surface area is 86.5 Å². The van der Waals surface area contributed by atoms with E-state index >= 15 is 0 Å². The minimum atomic E-state index is -0.158. The molecule has 0 aromatic carbocycles. The molecule has 2 rings (SSSR count). The molecule has 0 aromatic heterocycles. The van der Waals surface area contributed by atoms with Gasteiger partial charge in [0.25, 0.3) is 0 Å². The van der Waals surface area contributed by atoms with Gasteiger partial charge in [-0.1, -0.05) is 6.92 Å². The number of nitrogens with zero attached hydrogens (tertiary/aromatic N) is 1. The van der Waals surface area contributed by atoms with Crippen LogP contribution in [0, 0.1) is 5.92 Å². The van der Waals surface area contributed by atoms with Crippen LogP contribution in [0.5, 0.6) is 0 Å². The maximum atomic E-state index is 9.49. The standard InChI is InChI=1S/C11H22N2O/c1-2-10(14)7-12-11-4-6-13-5-3-9(11)8-13/h9-12,14H,2-8H2,1H3. The Hall–Kier alpha value is -0.120. The molecule has 0 aromatic rings. The molecule has 3 nitrogen and oxygen atoms in total. The van der Waals surface area contributed by atoms with Crippen LogP contribution in [0.2, 0.25) is 0 Å². The van der Waals surface area contributed by atoms with E-state index in [1.54, 1.807) is 0 Å². The molecule has 0 radical (unpaired) electrons. The van der Waals surface area contributed by atoms with Crippen molar-refractivity contribution in [3.63, 3.8) is 0 Å². The number of nitrogens with one attached hydrogen (secondary N) is 1. The molecule has 2 N–H and O–H groups in total. The van der Waals surface area contributed by atoms with Gasteiger partial charge in [-0.25, -0.2) is 0 Å². The Balaban J connectivity index is 1.75. The molecule has 82 valence electrons. The minimum Gasteiger partial charge on any atom is -0.392 e. The lowest BCUT2D eigenvalue weighted by Gasteiger charge is -2.31. The van der Waals surface area contributed by atoms with Crippen molar-refractivity contribution in [2.24, 2.45) is 5.92 Å². The lowest BCUT2D eigenvalue weighted by atomic mass is 9.94. The van der Waals surface area contributed by atoms with E-state index in [4.69, 9.17) is 0 Å². The Morgan fingerprint density at radius 1 is 1.43 bits per heavy atom. The van der Waals surface area contributed by atoms with Crippen molar-refractivity contribution in [1.82, 2.24) is 10.2 Å². The smallest absolute Gasteiger partial charge is 0.0662 e. The molecule has 0 saturated carbocycles. The van der Waals surface area contributed by atoms with Gasteiger partial charge in [0.05, 0.1) is 6.10 Å². The molecule has 2 fully saturated rings. The first-order valence-electron chi connectivity index (χ1n) is 5.93. The lowest BCUT2D eigenvalue weighted by molar-refractivity contribution is 0.147. The predicted molar refractivity (Wildman–Crippen MR) is 57.3 cm³/mol. The maximum Gasteiger partial charge on any atom is 0.0662 e. The fourth-order valence-corrected chi connectivity index (χ4v) is 2.65. The van der Waals surface area contributed by atoms with Gasteiger partial charge in [0, 0.05) is 19.1 Å². The summed E-state index contributed by atoms with van der Waals surface area (Å²) in [6, 6.07) is 0.662. The molecule has 0 amide bonds. The third-order valence-corrected chi connectivity index (χ3v) is 3.72. The van der Waals surface area contributed by atoms with Crippen LogP contribution in [0.25, 0.3) is 0 Å². The fraction of sp³-hybridized carbons (Fsp3) is 1.00. The van der Waals surface area contributed by atoms with E-state index in [1.807, 2.05) is 6.92 Å². The molecule has 2 aliphatic heterocycles. The van der Waals surface area contributed by atoms with Crippen LogP contribution in [0.3, 0.4) is 0 Å². The number of aliphatic hydroxyl groups excluding tert-OH is 1. The average Bonchev–Trinajstić information content (AvgIpc) is 2.60. The molecule has 0 aliphatic carbocycles. The van der Waals surface area contributed by atoms with Crippen LogP contribution in [0.1, 0.15) is 26.2 Å². The van der Waals surface area contributed by atoms with Crippen LogP contribution in [-0.4, -0.2) is 48.3 Å². The highest BCUT2D eigenvalue weighted by atomic mass is 16.3. The average molecular weight is 198 g/mol. The first-order chi connectivity index (χ1) is 6.79. The fourth-order valence-electron chi connectivity index (χ4n) is 2.65. The summed E-state index contributed by atoms with van der Waals surface area (Å²) in [4.78, 5) is 2.55. The number of hydrogen-bond donors (Lipinski definition) is 2. The third-order valence-electron chi connectivity index (χ3n) is 3.72. The van der Waals surface area contributed by atoms with Crippen molar-refractivity contribution in [2.45, 2.75) is 38.3 Å². The van der Waals surface area contributed by atoms with Crippen LogP contribution in [0.15, 0.2) is 0 Å². The highest BCUT2D eigenvalue weighted by molar-refractivity contribution is 4.90. The third kappa shape index (κ3) is 2.27. The molecule has 4 atom stereocenters. The number of rotatable bonds is 4. The summed E-state index contributed by atoms with van der Waals surface area (Å²) in [6.45, 7) is 6.62. The summed E-state index contributed by atoms with van der Waals surface area (Å²) in [6.07, 6.45) is 3.31. The summed E-state index contributed by atoms with van der Waals surface area (Å²) < 4.78 is 0. The molecule has 3 heteroatoms. The summed E-state index contributed by atoms with van der Waals surface area (Å²) in [7, 11) is 0. The summed E-state index contributed by atoms with van der Waals surface area (Å²) >= 11 is 0. The van der Waals surface area contributed by atoms with Crippen molar-refractivity contribution < 1.29 is 5.11 Å². The highest BCUT2D eigenvalue weighted by Crippen LogP contribution is 2.26. The van der Waals surface area contributed by atoms with Crippen LogP contribution >= 0.6 is 0 Å². The number of fused-ring (bicyclic) bond motifs is 2. The Kier molecular flexibility index (Phi) is 3.42. The minimum absolute atomic E-state index is 0.158. The van der Waals surface area contributed by atoms with E-state index in [-0.39, 0.29) is 6.10 Å². The summed E-state index contributed by atoms with van der Waals surface area (Å²) in [5, 5.41) is 13.0. The zero-order chi connectivity index (χ0) is 9.97. The Morgan fingerprint density at radius 2 is 2.21 bits per heavy atom. The quantitative estimate of drug-likeness (QED) is 0.688. The zero-order valence-corrected chi connectivity index (χ0v) is 9.08. The van der Waals surface area contributed by atoms with Crippen molar-refractivity contribution in [1.29, 1.82) is 0 Å². The Bertz CT molecular complexity index is 186. The molecule has 4 unspecified atom stereocenters. The maximum absolute atomic E-state index is 9.49. The van der Waals surface area contributed by atoms with Crippen molar-refractivity contribution in [2.75, 3.05) is 26.2 Å². The van der Waals surface area contributed by atoms with Crippen molar-refractivity contribution >= 4 is 0 Å². The predicted octanol–water partition coefficient (Wildman–Crippen LogP) is 0.441. The van der Waals surface area contributed by atoms with Crippen molar-refractivity contribution in [3.05, 3.63) is 0 Å². The number of piperidine rings is 1. The summed E-state index contributed by atoms with van der Waals surface area (Å²) in [5.74, 6) is 0.841. The zero-order valence-electron chi connectivity index (χ0n) is 9.08. The Morgan fingerprint density at radius 3 is 3.00 bits per heavy atom. The molecule has 2 aliphatic rings. The van der Waals surface area contributed by atoms with Crippen LogP contribution < -0.4 is 5.32 Å². The highest BCUT2D eigenvalue weighted by Gasteiger charge is 2.33. The first kappa shape index (κ1) is 10.4. The van der Waals surface area contributed by atoms with E-state index in [0.29, 0.717) is 6.04 Å². The van der Waals surface area contributed by atoms with E-state index < -0.39 is 0 Å². The van der Waals surface area contributed by atoms with E-state index in [1.165, 1.54) is 32.5 Å². The van der Waals surface area contributed by atoms with Crippen LogP contribution in [0.4, 0.5) is 0 Å². The summed E-state index contributed by atoms with van der Waals surface area (Å²) in [5.41, 5.74) is 0. The molecular formula is C11H22N2O. The lowest BCUT2D eigenvalue weighted by Crippen LogP contribution is -2.46. The monoisotopic (exact) mass is 198 g/mol. The largest absolute Gasteiger partial charge is 0.392 e. The normalized spacial score (nSPS) is 38.6. The van der Waals surface area contributed by atoms with Gasteiger partial charge >= 0.3 is 0 Å². The van der Waals surface area contributed by atoms with Gasteiger partial charge in [-0.05, 0) is 38.3 Å². The molecule has 0 spiro atoms. The molecule has 2 bridgehead atoms.